The molecule has 28 heavy (non-hydrogen) atoms. The number of amides is 2. The lowest BCUT2D eigenvalue weighted by molar-refractivity contribution is -0.169. The first-order chi connectivity index (χ1) is 13.5. The van der Waals surface area contributed by atoms with Crippen molar-refractivity contribution in [3.05, 3.63) is 0 Å². The molecular formula is C18H24N2O8. The Morgan fingerprint density at radius 2 is 1.57 bits per heavy atom. The second-order valence-electron chi connectivity index (χ2n) is 7.42. The van der Waals surface area contributed by atoms with Crippen molar-refractivity contribution >= 4 is 23.8 Å². The molecule has 0 aromatic rings. The molecule has 4 heterocycles. The Kier molecular flexibility index (Phi) is 5.24. The van der Waals surface area contributed by atoms with Gasteiger partial charge in [-0.05, 0) is 6.42 Å². The molecule has 0 spiro atoms. The SMILES string of the molecule is CCCC(CCOC(=O)C1CO[C@@H]2CC(=O)N12)OC(=O)[C@H]1CO[C@@H]2CC(=O)N12. The fraction of sp³-hybridized carbons (Fsp3) is 0.778. The highest BCUT2D eigenvalue weighted by molar-refractivity contribution is 5.90. The molecule has 4 fully saturated rings. The van der Waals surface area contributed by atoms with E-state index in [-0.39, 0.29) is 44.1 Å². The Bertz CT molecular complexity index is 682. The van der Waals surface area contributed by atoms with Crippen molar-refractivity contribution in [3.63, 3.8) is 0 Å². The Morgan fingerprint density at radius 3 is 2.11 bits per heavy atom. The van der Waals surface area contributed by atoms with Gasteiger partial charge in [-0.15, -0.1) is 0 Å². The summed E-state index contributed by atoms with van der Waals surface area (Å²) in [7, 11) is 0. The minimum Gasteiger partial charge on any atom is -0.464 e. The number of β-lactam (4-membered cyclic amide) rings is 2. The molecule has 2 unspecified atom stereocenters. The van der Waals surface area contributed by atoms with Gasteiger partial charge < -0.3 is 18.9 Å². The number of esters is 2. The van der Waals surface area contributed by atoms with Crippen LogP contribution in [0.5, 0.6) is 0 Å². The van der Waals surface area contributed by atoms with Crippen LogP contribution in [0.2, 0.25) is 0 Å². The summed E-state index contributed by atoms with van der Waals surface area (Å²) in [6, 6.07) is -1.39. The number of carbonyl (C=O) groups is 4. The van der Waals surface area contributed by atoms with Gasteiger partial charge in [-0.1, -0.05) is 13.3 Å². The zero-order valence-corrected chi connectivity index (χ0v) is 15.7. The molecular weight excluding hydrogens is 372 g/mol. The normalized spacial score (nSPS) is 31.6. The topological polar surface area (TPSA) is 112 Å². The molecule has 154 valence electrons. The van der Waals surface area contributed by atoms with Crippen molar-refractivity contribution in [1.29, 1.82) is 0 Å². The van der Waals surface area contributed by atoms with E-state index in [2.05, 4.69) is 0 Å². The summed E-state index contributed by atoms with van der Waals surface area (Å²) in [4.78, 5) is 50.7. The van der Waals surface area contributed by atoms with Crippen LogP contribution in [0.3, 0.4) is 0 Å². The lowest BCUT2D eigenvalue weighted by atomic mass is 10.1. The molecule has 4 aliphatic rings. The molecule has 0 bridgehead atoms. The first-order valence-electron chi connectivity index (χ1n) is 9.72. The van der Waals surface area contributed by atoms with Gasteiger partial charge in [-0.3, -0.25) is 19.4 Å². The van der Waals surface area contributed by atoms with Crippen LogP contribution < -0.4 is 0 Å². The quantitative estimate of drug-likeness (QED) is 0.400. The summed E-state index contributed by atoms with van der Waals surface area (Å²) in [5.74, 6) is -1.21. The fourth-order valence-corrected chi connectivity index (χ4v) is 3.97. The summed E-state index contributed by atoms with van der Waals surface area (Å²) in [5.41, 5.74) is 0. The predicted octanol–water partition coefficient (Wildman–Crippen LogP) is -0.454. The molecule has 0 saturated carbocycles. The molecule has 4 aliphatic heterocycles. The van der Waals surface area contributed by atoms with Crippen molar-refractivity contribution in [2.45, 2.75) is 69.7 Å². The maximum Gasteiger partial charge on any atom is 0.331 e. The van der Waals surface area contributed by atoms with Crippen molar-refractivity contribution in [3.8, 4) is 0 Å². The van der Waals surface area contributed by atoms with E-state index < -0.39 is 30.1 Å². The molecule has 10 nitrogen and oxygen atoms in total. The number of carbonyl (C=O) groups excluding carboxylic acids is 4. The van der Waals surface area contributed by atoms with E-state index in [1.807, 2.05) is 6.92 Å². The van der Waals surface area contributed by atoms with Crippen molar-refractivity contribution in [1.82, 2.24) is 9.80 Å². The van der Waals surface area contributed by atoms with E-state index in [9.17, 15) is 19.2 Å². The molecule has 0 aromatic heterocycles. The Hall–Kier alpha value is -2.20. The number of fused-ring (bicyclic) bond motifs is 2. The van der Waals surface area contributed by atoms with Crippen LogP contribution in [0.25, 0.3) is 0 Å². The second kappa shape index (κ2) is 7.67. The number of ether oxygens (including phenoxy) is 4. The molecule has 0 aliphatic carbocycles. The van der Waals surface area contributed by atoms with Crippen LogP contribution in [-0.2, 0) is 38.1 Å². The van der Waals surface area contributed by atoms with Gasteiger partial charge in [0.25, 0.3) is 0 Å². The van der Waals surface area contributed by atoms with Gasteiger partial charge in [0.05, 0.1) is 32.7 Å². The number of rotatable bonds is 8. The van der Waals surface area contributed by atoms with Crippen LogP contribution in [0.15, 0.2) is 0 Å². The average molecular weight is 396 g/mol. The van der Waals surface area contributed by atoms with Gasteiger partial charge in [0.15, 0.2) is 12.1 Å². The molecule has 0 radical (unpaired) electrons. The zero-order chi connectivity index (χ0) is 19.8. The van der Waals surface area contributed by atoms with E-state index >= 15 is 0 Å². The highest BCUT2D eigenvalue weighted by Crippen LogP contribution is 2.31. The van der Waals surface area contributed by atoms with E-state index in [1.165, 1.54) is 9.80 Å². The largest absolute Gasteiger partial charge is 0.464 e. The fourth-order valence-electron chi connectivity index (χ4n) is 3.97. The van der Waals surface area contributed by atoms with E-state index in [0.717, 1.165) is 6.42 Å². The van der Waals surface area contributed by atoms with Gasteiger partial charge in [-0.25, -0.2) is 9.59 Å². The number of nitrogens with zero attached hydrogens (tertiary/aromatic N) is 2. The van der Waals surface area contributed by atoms with Crippen LogP contribution in [0, 0.1) is 0 Å². The lowest BCUT2D eigenvalue weighted by Crippen LogP contribution is -2.55. The van der Waals surface area contributed by atoms with Crippen molar-refractivity contribution in [2.24, 2.45) is 0 Å². The average Bonchev–Trinajstić information content (AvgIpc) is 3.18. The summed E-state index contributed by atoms with van der Waals surface area (Å²) < 4.78 is 21.6. The lowest BCUT2D eigenvalue weighted by Gasteiger charge is -2.35. The predicted molar refractivity (Wildman–Crippen MR) is 90.3 cm³/mol. The minimum atomic E-state index is -0.696. The summed E-state index contributed by atoms with van der Waals surface area (Å²) in [6.07, 6.45) is 1.34. The Morgan fingerprint density at radius 1 is 1.00 bits per heavy atom. The maximum absolute atomic E-state index is 12.4. The highest BCUT2D eigenvalue weighted by Gasteiger charge is 2.51. The number of hydrogen-bond acceptors (Lipinski definition) is 8. The third-order valence-corrected chi connectivity index (χ3v) is 5.58. The smallest absolute Gasteiger partial charge is 0.331 e. The van der Waals surface area contributed by atoms with Gasteiger partial charge in [0, 0.05) is 6.42 Å². The van der Waals surface area contributed by atoms with Crippen LogP contribution >= 0.6 is 0 Å². The standard InChI is InChI=1S/C18H24N2O8/c1-2-3-10(28-18(24)12-9-27-16-7-14(22)20(12)16)4-5-25-17(23)11-8-26-15-6-13(21)19(11)15/h10-12,15-16H,2-9H2,1H3/t10?,11?,12-,15-,16-/m1/s1. The van der Waals surface area contributed by atoms with Crippen LogP contribution in [0.1, 0.15) is 39.0 Å². The Labute approximate surface area is 162 Å². The van der Waals surface area contributed by atoms with E-state index in [4.69, 9.17) is 18.9 Å². The zero-order valence-electron chi connectivity index (χ0n) is 15.7. The molecule has 2 amide bonds. The van der Waals surface area contributed by atoms with Gasteiger partial charge in [0.2, 0.25) is 11.8 Å². The van der Waals surface area contributed by atoms with Gasteiger partial charge >= 0.3 is 11.9 Å². The number of hydrogen-bond donors (Lipinski definition) is 0. The monoisotopic (exact) mass is 396 g/mol. The van der Waals surface area contributed by atoms with Gasteiger partial charge in [0.1, 0.15) is 18.6 Å². The summed E-state index contributed by atoms with van der Waals surface area (Å²) >= 11 is 0. The van der Waals surface area contributed by atoms with Crippen molar-refractivity contribution < 1.29 is 38.1 Å². The van der Waals surface area contributed by atoms with Crippen LogP contribution in [-0.4, -0.2) is 84.0 Å². The van der Waals surface area contributed by atoms with E-state index in [1.54, 1.807) is 0 Å². The molecule has 10 heteroatoms. The molecule has 0 N–H and O–H groups in total. The molecule has 4 rings (SSSR count). The first kappa shape index (κ1) is 19.1. The molecule has 5 atom stereocenters. The Balaban J connectivity index is 1.23. The first-order valence-corrected chi connectivity index (χ1v) is 9.72. The van der Waals surface area contributed by atoms with Crippen LogP contribution in [0.4, 0.5) is 0 Å². The molecule has 0 aromatic carbocycles. The van der Waals surface area contributed by atoms with Crippen molar-refractivity contribution in [2.75, 3.05) is 19.8 Å². The second-order valence-corrected chi connectivity index (χ2v) is 7.42. The summed E-state index contributed by atoms with van der Waals surface area (Å²) in [5, 5.41) is 0. The maximum atomic E-state index is 12.4. The van der Waals surface area contributed by atoms with E-state index in [0.29, 0.717) is 25.7 Å². The minimum absolute atomic E-state index is 0.0758. The van der Waals surface area contributed by atoms with Gasteiger partial charge in [-0.2, -0.15) is 0 Å². The third-order valence-electron chi connectivity index (χ3n) is 5.58. The third kappa shape index (κ3) is 3.35. The molecule has 4 saturated heterocycles. The summed E-state index contributed by atoms with van der Waals surface area (Å²) in [6.45, 7) is 2.34. The highest BCUT2D eigenvalue weighted by atomic mass is 16.6.